The molecule has 0 spiro atoms. The maximum Gasteiger partial charge on any atom is 0.169 e. The quantitative estimate of drug-likeness (QED) is 0.343. The Morgan fingerprint density at radius 2 is 1.95 bits per heavy atom. The minimum Gasteiger partial charge on any atom is -0.361 e. The Kier molecular flexibility index (Phi) is 8.37. The topological polar surface area (TPSA) is 30.9 Å². The van der Waals surface area contributed by atoms with Crippen LogP contribution >= 0.6 is 24.8 Å². The summed E-state index contributed by atoms with van der Waals surface area (Å²) in [6, 6.07) is 0. The number of nitrogens with zero attached hydrogens (tertiary/aromatic N) is 3. The van der Waals surface area contributed by atoms with Crippen LogP contribution in [0.5, 0.6) is 0 Å². The highest BCUT2D eigenvalue weighted by Crippen LogP contribution is 2.13. The third-order valence-electron chi connectivity index (χ3n) is 4.37. The molecule has 1 saturated heterocycles. The van der Waals surface area contributed by atoms with Crippen LogP contribution in [0.25, 0.3) is 0 Å². The van der Waals surface area contributed by atoms with Crippen molar-refractivity contribution in [1.82, 2.24) is 15.1 Å². The van der Waals surface area contributed by atoms with Crippen molar-refractivity contribution >= 4 is 36.3 Å². The Bertz CT molecular complexity index is 362. The van der Waals surface area contributed by atoms with E-state index in [-0.39, 0.29) is 0 Å². The van der Waals surface area contributed by atoms with Crippen LogP contribution in [0.4, 0.5) is 0 Å². The highest BCUT2D eigenvalue weighted by molar-refractivity contribution is 7.81. The number of unbranched alkanes of at least 4 members (excludes halogenated alkanes) is 5. The van der Waals surface area contributed by atoms with Gasteiger partial charge in [-0.3, -0.25) is 4.99 Å². The first-order chi connectivity index (χ1) is 10.8. The summed E-state index contributed by atoms with van der Waals surface area (Å²) in [4.78, 5) is 8.82. The third-order valence-corrected chi connectivity index (χ3v) is 5.19. The molecule has 0 aromatic rings. The van der Waals surface area contributed by atoms with Crippen LogP contribution in [-0.4, -0.2) is 65.8 Å². The van der Waals surface area contributed by atoms with Crippen LogP contribution in [0.1, 0.15) is 44.9 Å². The van der Waals surface area contributed by atoms with Crippen LogP contribution in [0.2, 0.25) is 0 Å². The van der Waals surface area contributed by atoms with Crippen molar-refractivity contribution in [2.24, 2.45) is 4.99 Å². The predicted octanol–water partition coefficient (Wildman–Crippen LogP) is 2.55. The van der Waals surface area contributed by atoms with Gasteiger partial charge in [0, 0.05) is 38.0 Å². The summed E-state index contributed by atoms with van der Waals surface area (Å²) in [5, 5.41) is 4.65. The Morgan fingerprint density at radius 3 is 2.64 bits per heavy atom. The lowest BCUT2D eigenvalue weighted by molar-refractivity contribution is 0.434. The standard InChI is InChI=1S/C16H30N4S2/c21-15(13-19-11-8-17-14-19)7-5-3-1-2-4-6-10-20-12-9-18-16(20)22/h14-15,21H,1-13H2,(H,18,22). The van der Waals surface area contributed by atoms with Gasteiger partial charge in [-0.2, -0.15) is 12.6 Å². The Balaban J connectivity index is 1.36. The molecule has 1 unspecified atom stereocenters. The van der Waals surface area contributed by atoms with Gasteiger partial charge in [-0.15, -0.1) is 0 Å². The minimum absolute atomic E-state index is 0.494. The lowest BCUT2D eigenvalue weighted by Gasteiger charge is -2.18. The summed E-state index contributed by atoms with van der Waals surface area (Å²) >= 11 is 9.94. The lowest BCUT2D eigenvalue weighted by atomic mass is 10.1. The first-order valence-electron chi connectivity index (χ1n) is 8.70. The Labute approximate surface area is 146 Å². The van der Waals surface area contributed by atoms with Crippen LogP contribution in [0.15, 0.2) is 4.99 Å². The van der Waals surface area contributed by atoms with Gasteiger partial charge in [-0.05, 0) is 25.1 Å². The van der Waals surface area contributed by atoms with Crippen molar-refractivity contribution in [3.63, 3.8) is 0 Å². The summed E-state index contributed by atoms with van der Waals surface area (Å²) in [6.07, 6.45) is 11.2. The molecule has 0 aliphatic carbocycles. The van der Waals surface area contributed by atoms with Gasteiger partial charge >= 0.3 is 0 Å². The molecule has 0 radical (unpaired) electrons. The molecule has 0 amide bonds. The number of thiocarbonyl (C=S) groups is 1. The van der Waals surface area contributed by atoms with Crippen molar-refractivity contribution in [3.05, 3.63) is 0 Å². The molecular weight excluding hydrogens is 312 g/mol. The normalized spacial score (nSPS) is 19.0. The zero-order valence-corrected chi connectivity index (χ0v) is 15.3. The number of rotatable bonds is 11. The SMILES string of the molecule is S=C1NCCN1CCCCCCCCC(S)CN1C=NCC1. The molecule has 0 bridgehead atoms. The number of aliphatic imine (C=N–C) groups is 1. The summed E-state index contributed by atoms with van der Waals surface area (Å²) in [6.45, 7) is 6.32. The Morgan fingerprint density at radius 1 is 1.18 bits per heavy atom. The minimum atomic E-state index is 0.494. The van der Waals surface area contributed by atoms with Crippen molar-refractivity contribution in [2.45, 2.75) is 50.2 Å². The maximum absolute atomic E-state index is 5.25. The molecule has 1 atom stereocenters. The van der Waals surface area contributed by atoms with Gasteiger partial charge in [-0.1, -0.05) is 32.1 Å². The molecule has 0 aromatic carbocycles. The van der Waals surface area contributed by atoms with Gasteiger partial charge in [0.1, 0.15) is 0 Å². The van der Waals surface area contributed by atoms with E-state index in [1.54, 1.807) is 0 Å². The van der Waals surface area contributed by atoms with E-state index in [2.05, 4.69) is 20.1 Å². The van der Waals surface area contributed by atoms with Crippen LogP contribution in [-0.2, 0) is 0 Å². The fourth-order valence-electron chi connectivity index (χ4n) is 3.03. The molecule has 1 fully saturated rings. The number of thiol groups is 1. The average Bonchev–Trinajstić information content (AvgIpc) is 3.14. The summed E-state index contributed by atoms with van der Waals surface area (Å²) < 4.78 is 0. The third kappa shape index (κ3) is 6.73. The highest BCUT2D eigenvalue weighted by Gasteiger charge is 2.14. The summed E-state index contributed by atoms with van der Waals surface area (Å²) in [7, 11) is 0. The van der Waals surface area contributed by atoms with Gasteiger partial charge < -0.3 is 15.1 Å². The highest BCUT2D eigenvalue weighted by atomic mass is 32.1. The molecule has 22 heavy (non-hydrogen) atoms. The van der Waals surface area contributed by atoms with E-state index >= 15 is 0 Å². The second kappa shape index (κ2) is 10.3. The van der Waals surface area contributed by atoms with Crippen LogP contribution < -0.4 is 5.32 Å². The first kappa shape index (κ1) is 17.9. The molecule has 4 nitrogen and oxygen atoms in total. The molecule has 2 aliphatic heterocycles. The zero-order valence-electron chi connectivity index (χ0n) is 13.5. The van der Waals surface area contributed by atoms with Crippen molar-refractivity contribution in [1.29, 1.82) is 0 Å². The maximum atomic E-state index is 5.25. The van der Waals surface area contributed by atoms with E-state index in [1.165, 1.54) is 44.9 Å². The van der Waals surface area contributed by atoms with Gasteiger partial charge in [0.25, 0.3) is 0 Å². The Hall–Kier alpha value is -0.490. The van der Waals surface area contributed by atoms with E-state index in [4.69, 9.17) is 24.8 Å². The van der Waals surface area contributed by atoms with Gasteiger partial charge in [-0.25, -0.2) is 0 Å². The lowest BCUT2D eigenvalue weighted by Crippen LogP contribution is -2.28. The van der Waals surface area contributed by atoms with Crippen LogP contribution in [0, 0.1) is 0 Å². The van der Waals surface area contributed by atoms with E-state index in [1.807, 2.05) is 6.34 Å². The van der Waals surface area contributed by atoms with Gasteiger partial charge in [0.2, 0.25) is 0 Å². The molecule has 1 N–H and O–H groups in total. The number of nitrogens with one attached hydrogen (secondary N) is 1. The van der Waals surface area contributed by atoms with Crippen molar-refractivity contribution < 1.29 is 0 Å². The zero-order chi connectivity index (χ0) is 15.6. The molecule has 2 rings (SSSR count). The van der Waals surface area contributed by atoms with E-state index in [0.717, 1.165) is 44.4 Å². The smallest absolute Gasteiger partial charge is 0.169 e. The molecule has 2 aliphatic rings. The molecular formula is C16H30N4S2. The first-order valence-corrected chi connectivity index (χ1v) is 9.63. The summed E-state index contributed by atoms with van der Waals surface area (Å²) in [5.41, 5.74) is 0. The molecule has 126 valence electrons. The van der Waals surface area contributed by atoms with Crippen molar-refractivity contribution in [3.8, 4) is 0 Å². The van der Waals surface area contributed by atoms with Crippen LogP contribution in [0.3, 0.4) is 0 Å². The molecule has 0 saturated carbocycles. The fourth-order valence-corrected chi connectivity index (χ4v) is 3.71. The monoisotopic (exact) mass is 342 g/mol. The van der Waals surface area contributed by atoms with Crippen molar-refractivity contribution in [2.75, 3.05) is 39.3 Å². The largest absolute Gasteiger partial charge is 0.361 e. The van der Waals surface area contributed by atoms with Gasteiger partial charge in [0.05, 0.1) is 12.9 Å². The van der Waals surface area contributed by atoms with E-state index in [9.17, 15) is 0 Å². The molecule has 2 heterocycles. The second-order valence-corrected chi connectivity index (χ2v) is 7.42. The molecule has 6 heteroatoms. The average molecular weight is 343 g/mol. The van der Waals surface area contributed by atoms with E-state index < -0.39 is 0 Å². The molecule has 0 aromatic heterocycles. The number of hydrogen-bond donors (Lipinski definition) is 2. The van der Waals surface area contributed by atoms with E-state index in [0.29, 0.717) is 5.25 Å². The predicted molar refractivity (Wildman–Crippen MR) is 102 cm³/mol. The fraction of sp³-hybridized carbons (Fsp3) is 0.875. The summed E-state index contributed by atoms with van der Waals surface area (Å²) in [5.74, 6) is 0. The number of hydrogen-bond acceptors (Lipinski definition) is 4. The van der Waals surface area contributed by atoms with Gasteiger partial charge in [0.15, 0.2) is 5.11 Å². The second-order valence-electron chi connectivity index (χ2n) is 6.30.